The lowest BCUT2D eigenvalue weighted by Crippen LogP contribution is -2.40. The molecule has 0 radical (unpaired) electrons. The van der Waals surface area contributed by atoms with Crippen LogP contribution in [0, 0.1) is 5.92 Å². The Kier molecular flexibility index (Phi) is 4.04. The summed E-state index contributed by atoms with van der Waals surface area (Å²) in [6, 6.07) is 6.05. The van der Waals surface area contributed by atoms with Crippen LogP contribution in [-0.4, -0.2) is 58.7 Å². The van der Waals surface area contributed by atoms with E-state index in [4.69, 9.17) is 5.10 Å². The summed E-state index contributed by atoms with van der Waals surface area (Å²) >= 11 is 0. The van der Waals surface area contributed by atoms with Gasteiger partial charge in [0.25, 0.3) is 5.91 Å². The molecule has 0 bridgehead atoms. The van der Waals surface area contributed by atoms with Crippen molar-refractivity contribution in [2.45, 2.75) is 32.7 Å². The van der Waals surface area contributed by atoms with Gasteiger partial charge < -0.3 is 9.80 Å². The molecule has 1 saturated heterocycles. The van der Waals surface area contributed by atoms with Crippen molar-refractivity contribution in [3.63, 3.8) is 0 Å². The van der Waals surface area contributed by atoms with E-state index in [0.717, 1.165) is 61.3 Å². The second kappa shape index (κ2) is 6.20. The molecule has 2 aliphatic rings. The second-order valence-electron chi connectivity index (χ2n) is 7.21. The van der Waals surface area contributed by atoms with Crippen LogP contribution in [0.3, 0.4) is 0 Å². The molecule has 128 valence electrons. The van der Waals surface area contributed by atoms with Gasteiger partial charge in [-0.05, 0) is 58.0 Å². The molecule has 0 aliphatic carbocycles. The van der Waals surface area contributed by atoms with Gasteiger partial charge in [0.2, 0.25) is 0 Å². The lowest BCUT2D eigenvalue weighted by molar-refractivity contribution is 0.0706. The van der Waals surface area contributed by atoms with Gasteiger partial charge in [-0.25, -0.2) is 0 Å². The van der Waals surface area contributed by atoms with Crippen LogP contribution in [0.2, 0.25) is 0 Å². The van der Waals surface area contributed by atoms with Gasteiger partial charge >= 0.3 is 0 Å². The van der Waals surface area contributed by atoms with Crippen LogP contribution in [0.15, 0.2) is 18.2 Å². The fourth-order valence-corrected chi connectivity index (χ4v) is 4.15. The predicted octanol–water partition coefficient (Wildman–Crippen LogP) is 2.40. The highest BCUT2D eigenvalue weighted by Crippen LogP contribution is 2.28. The molecule has 3 heterocycles. The molecule has 2 aliphatic heterocycles. The number of carbonyl (C=O) groups is 1. The van der Waals surface area contributed by atoms with Crippen molar-refractivity contribution in [2.75, 3.05) is 33.2 Å². The van der Waals surface area contributed by atoms with Gasteiger partial charge in [0.1, 0.15) is 0 Å². The van der Waals surface area contributed by atoms with E-state index in [0.29, 0.717) is 5.92 Å². The minimum atomic E-state index is 0.189. The number of aryl methyl sites for hydroxylation is 1. The topological polar surface area (TPSA) is 41.4 Å². The zero-order chi connectivity index (χ0) is 16.7. The molecule has 1 aromatic heterocycles. The molecule has 24 heavy (non-hydrogen) atoms. The van der Waals surface area contributed by atoms with Gasteiger partial charge in [0, 0.05) is 31.4 Å². The van der Waals surface area contributed by atoms with E-state index in [9.17, 15) is 4.79 Å². The largest absolute Gasteiger partial charge is 0.338 e. The first-order valence-electron chi connectivity index (χ1n) is 9.13. The maximum atomic E-state index is 13.1. The van der Waals surface area contributed by atoms with Crippen molar-refractivity contribution in [3.8, 4) is 0 Å². The van der Waals surface area contributed by atoms with Crippen molar-refractivity contribution >= 4 is 16.8 Å². The minimum absolute atomic E-state index is 0.189. The summed E-state index contributed by atoms with van der Waals surface area (Å²) in [7, 11) is 2.18. The summed E-state index contributed by atoms with van der Waals surface area (Å²) in [6.45, 7) is 6.91. The maximum Gasteiger partial charge on any atom is 0.254 e. The van der Waals surface area contributed by atoms with Crippen molar-refractivity contribution in [3.05, 3.63) is 29.5 Å². The van der Waals surface area contributed by atoms with Crippen molar-refractivity contribution in [1.82, 2.24) is 19.6 Å². The summed E-state index contributed by atoms with van der Waals surface area (Å²) in [5.74, 6) is 0.819. The third kappa shape index (κ3) is 2.61. The molecule has 5 heteroatoms. The normalized spacial score (nSPS) is 19.9. The summed E-state index contributed by atoms with van der Waals surface area (Å²) in [6.07, 6.45) is 3.24. The van der Waals surface area contributed by atoms with Crippen LogP contribution in [0.5, 0.6) is 0 Å². The number of hydrogen-bond donors (Lipinski definition) is 0. The summed E-state index contributed by atoms with van der Waals surface area (Å²) < 4.78 is 2.02. The van der Waals surface area contributed by atoms with Gasteiger partial charge in [0.15, 0.2) is 0 Å². The van der Waals surface area contributed by atoms with Crippen LogP contribution >= 0.6 is 0 Å². The van der Waals surface area contributed by atoms with Crippen molar-refractivity contribution in [2.24, 2.45) is 5.92 Å². The summed E-state index contributed by atoms with van der Waals surface area (Å²) in [5, 5.41) is 5.83. The van der Waals surface area contributed by atoms with E-state index in [1.807, 2.05) is 16.8 Å². The van der Waals surface area contributed by atoms with Gasteiger partial charge in [0.05, 0.1) is 16.8 Å². The average molecular weight is 326 g/mol. The average Bonchev–Trinajstić information content (AvgIpc) is 2.91. The van der Waals surface area contributed by atoms with Gasteiger partial charge in [-0.3, -0.25) is 9.48 Å². The molecule has 1 fully saturated rings. The molecule has 0 saturated carbocycles. The number of likely N-dealkylation sites (tertiary alicyclic amines) is 1. The van der Waals surface area contributed by atoms with E-state index in [1.54, 1.807) is 0 Å². The van der Waals surface area contributed by atoms with Gasteiger partial charge in [-0.2, -0.15) is 5.10 Å². The quantitative estimate of drug-likeness (QED) is 0.870. The van der Waals surface area contributed by atoms with Gasteiger partial charge in [-0.15, -0.1) is 0 Å². The SMILES string of the molecule is CCn1nc2c3c(cccc31)C(=O)N(CC1CCN(C)CC1)CC2. The number of piperidine rings is 1. The van der Waals surface area contributed by atoms with Gasteiger partial charge in [-0.1, -0.05) is 6.07 Å². The Morgan fingerprint density at radius 1 is 1.21 bits per heavy atom. The summed E-state index contributed by atoms with van der Waals surface area (Å²) in [5.41, 5.74) is 3.02. The Morgan fingerprint density at radius 2 is 2.00 bits per heavy atom. The molecule has 0 atom stereocenters. The number of hydrogen-bond acceptors (Lipinski definition) is 3. The van der Waals surface area contributed by atoms with Crippen LogP contribution in [0.25, 0.3) is 10.9 Å². The number of aromatic nitrogens is 2. The Morgan fingerprint density at radius 3 is 2.75 bits per heavy atom. The van der Waals surface area contributed by atoms with Crippen LogP contribution in [0.4, 0.5) is 0 Å². The zero-order valence-electron chi connectivity index (χ0n) is 14.7. The third-order valence-corrected chi connectivity index (χ3v) is 5.60. The monoisotopic (exact) mass is 326 g/mol. The highest BCUT2D eigenvalue weighted by Gasteiger charge is 2.28. The Hall–Kier alpha value is -1.88. The van der Waals surface area contributed by atoms with Crippen molar-refractivity contribution in [1.29, 1.82) is 0 Å². The second-order valence-corrected chi connectivity index (χ2v) is 7.21. The zero-order valence-corrected chi connectivity index (χ0v) is 14.7. The fourth-order valence-electron chi connectivity index (χ4n) is 4.15. The Labute approximate surface area is 143 Å². The number of benzene rings is 1. The van der Waals surface area contributed by atoms with E-state index in [1.165, 1.54) is 12.8 Å². The first-order valence-corrected chi connectivity index (χ1v) is 9.13. The number of carbonyl (C=O) groups excluding carboxylic acids is 1. The molecular formula is C19H26N4O. The lowest BCUT2D eigenvalue weighted by atomic mass is 9.96. The highest BCUT2D eigenvalue weighted by atomic mass is 16.2. The Bertz CT molecular complexity index is 758. The highest BCUT2D eigenvalue weighted by molar-refractivity contribution is 6.08. The molecule has 1 aromatic carbocycles. The molecule has 0 N–H and O–H groups in total. The predicted molar refractivity (Wildman–Crippen MR) is 95.2 cm³/mol. The molecule has 2 aromatic rings. The third-order valence-electron chi connectivity index (χ3n) is 5.60. The molecule has 5 nitrogen and oxygen atoms in total. The van der Waals surface area contributed by atoms with E-state index in [-0.39, 0.29) is 5.91 Å². The number of amides is 1. The number of nitrogens with zero attached hydrogens (tertiary/aromatic N) is 4. The number of rotatable bonds is 3. The molecule has 4 rings (SSSR count). The van der Waals surface area contributed by atoms with E-state index < -0.39 is 0 Å². The first kappa shape index (κ1) is 15.6. The Balaban J connectivity index is 1.62. The molecule has 0 unspecified atom stereocenters. The standard InChI is InChI=1S/C19H26N4O/c1-3-23-17-6-4-5-15-18(17)16(20-23)9-12-22(19(15)24)13-14-7-10-21(2)11-8-14/h4-6,14H,3,7-13H2,1-2H3. The van der Waals surface area contributed by atoms with E-state index >= 15 is 0 Å². The van der Waals surface area contributed by atoms with E-state index in [2.05, 4.69) is 29.8 Å². The van der Waals surface area contributed by atoms with Crippen LogP contribution in [-0.2, 0) is 13.0 Å². The lowest BCUT2D eigenvalue weighted by Gasteiger charge is -2.32. The first-order chi connectivity index (χ1) is 11.7. The molecule has 1 amide bonds. The smallest absolute Gasteiger partial charge is 0.254 e. The fraction of sp³-hybridized carbons (Fsp3) is 0.579. The van der Waals surface area contributed by atoms with Crippen molar-refractivity contribution < 1.29 is 4.79 Å². The van der Waals surface area contributed by atoms with Crippen LogP contribution in [0.1, 0.15) is 35.8 Å². The molecular weight excluding hydrogens is 300 g/mol. The summed E-state index contributed by atoms with van der Waals surface area (Å²) in [4.78, 5) is 17.6. The maximum absolute atomic E-state index is 13.1. The minimum Gasteiger partial charge on any atom is -0.338 e. The van der Waals surface area contributed by atoms with Crippen LogP contribution < -0.4 is 0 Å². The molecule has 0 spiro atoms.